The van der Waals surface area contributed by atoms with Crippen molar-refractivity contribution in [2.75, 3.05) is 54.5 Å². The van der Waals surface area contributed by atoms with Gasteiger partial charge in [-0.05, 0) is 69.7 Å². The summed E-state index contributed by atoms with van der Waals surface area (Å²) in [5.74, 6) is 0. The summed E-state index contributed by atoms with van der Waals surface area (Å²) >= 11 is 0. The Kier molecular flexibility index (Phi) is 10.8. The SMILES string of the molecule is CCOCCN(CCOCC)c1ccc(NCc2ccc(NS(=O)(=O)C(C)C)cc2)cc1. The number of hydrogen-bond donors (Lipinski definition) is 2. The van der Waals surface area contributed by atoms with Gasteiger partial charge in [-0.15, -0.1) is 0 Å². The van der Waals surface area contributed by atoms with Gasteiger partial charge in [0.2, 0.25) is 10.0 Å². The molecule has 0 heterocycles. The lowest BCUT2D eigenvalue weighted by Crippen LogP contribution is -2.31. The van der Waals surface area contributed by atoms with Crippen molar-refractivity contribution in [1.29, 1.82) is 0 Å². The van der Waals surface area contributed by atoms with E-state index >= 15 is 0 Å². The van der Waals surface area contributed by atoms with Crippen LogP contribution in [0.25, 0.3) is 0 Å². The first-order valence-corrected chi connectivity index (χ1v) is 12.7. The van der Waals surface area contributed by atoms with Crippen LogP contribution in [0.5, 0.6) is 0 Å². The van der Waals surface area contributed by atoms with Crippen molar-refractivity contribution in [1.82, 2.24) is 0 Å². The van der Waals surface area contributed by atoms with Crippen LogP contribution in [0.15, 0.2) is 48.5 Å². The van der Waals surface area contributed by atoms with Crippen LogP contribution in [0, 0.1) is 0 Å². The quantitative estimate of drug-likeness (QED) is 0.383. The van der Waals surface area contributed by atoms with Crippen LogP contribution < -0.4 is 14.9 Å². The van der Waals surface area contributed by atoms with Crippen molar-refractivity contribution in [3.8, 4) is 0 Å². The predicted octanol–water partition coefficient (Wildman–Crippen LogP) is 4.33. The predicted molar refractivity (Wildman–Crippen MR) is 133 cm³/mol. The van der Waals surface area contributed by atoms with Crippen molar-refractivity contribution < 1.29 is 17.9 Å². The van der Waals surface area contributed by atoms with Crippen LogP contribution in [0.4, 0.5) is 17.1 Å². The molecule has 0 saturated heterocycles. The van der Waals surface area contributed by atoms with Crippen LogP contribution in [0.1, 0.15) is 33.3 Å². The Hall–Kier alpha value is -2.29. The van der Waals surface area contributed by atoms with Gasteiger partial charge >= 0.3 is 0 Å². The molecule has 0 radical (unpaired) electrons. The minimum atomic E-state index is -3.33. The zero-order valence-electron chi connectivity index (χ0n) is 19.6. The molecule has 0 aromatic heterocycles. The van der Waals surface area contributed by atoms with E-state index in [4.69, 9.17) is 9.47 Å². The van der Waals surface area contributed by atoms with Gasteiger partial charge in [0.05, 0.1) is 18.5 Å². The third kappa shape index (κ3) is 8.68. The second-order valence-corrected chi connectivity index (χ2v) is 9.91. The molecule has 2 aromatic rings. The van der Waals surface area contributed by atoms with E-state index in [2.05, 4.69) is 39.2 Å². The fraction of sp³-hybridized carbons (Fsp3) is 0.500. The lowest BCUT2D eigenvalue weighted by molar-refractivity contribution is 0.141. The van der Waals surface area contributed by atoms with E-state index in [0.717, 1.165) is 30.0 Å². The molecule has 2 rings (SSSR count). The van der Waals surface area contributed by atoms with E-state index in [-0.39, 0.29) is 0 Å². The summed E-state index contributed by atoms with van der Waals surface area (Å²) in [7, 11) is -3.33. The number of nitrogens with zero attached hydrogens (tertiary/aromatic N) is 1. The lowest BCUT2D eigenvalue weighted by Gasteiger charge is -2.25. The summed E-state index contributed by atoms with van der Waals surface area (Å²) < 4.78 is 37.6. The molecule has 0 bridgehead atoms. The highest BCUT2D eigenvalue weighted by Gasteiger charge is 2.15. The lowest BCUT2D eigenvalue weighted by atomic mass is 10.2. The van der Waals surface area contributed by atoms with E-state index < -0.39 is 15.3 Å². The normalized spacial score (nSPS) is 11.5. The molecule has 0 fully saturated rings. The summed E-state index contributed by atoms with van der Waals surface area (Å²) in [5, 5.41) is 2.94. The number of rotatable bonds is 15. The van der Waals surface area contributed by atoms with Gasteiger partial charge in [-0.2, -0.15) is 0 Å². The monoisotopic (exact) mass is 463 g/mol. The molecule has 0 aliphatic rings. The number of benzene rings is 2. The Balaban J connectivity index is 1.92. The van der Waals surface area contributed by atoms with Gasteiger partial charge in [-0.3, -0.25) is 4.72 Å². The zero-order chi connectivity index (χ0) is 23.4. The molecule has 0 spiro atoms. The van der Waals surface area contributed by atoms with Crippen LogP contribution in [0.2, 0.25) is 0 Å². The maximum Gasteiger partial charge on any atom is 0.235 e. The summed E-state index contributed by atoms with van der Waals surface area (Å²) in [6, 6.07) is 15.7. The second kappa shape index (κ2) is 13.3. The smallest absolute Gasteiger partial charge is 0.235 e. The second-order valence-electron chi connectivity index (χ2n) is 7.67. The van der Waals surface area contributed by atoms with Gasteiger partial charge in [0.15, 0.2) is 0 Å². The van der Waals surface area contributed by atoms with Crippen LogP contribution in [0.3, 0.4) is 0 Å². The first-order chi connectivity index (χ1) is 15.4. The first kappa shape index (κ1) is 26.0. The minimum Gasteiger partial charge on any atom is -0.381 e. The highest BCUT2D eigenvalue weighted by Crippen LogP contribution is 2.19. The average molecular weight is 464 g/mol. The standard InChI is InChI=1S/C24H37N3O4S/c1-5-30-17-15-27(16-18-31-6-2)24-13-11-22(12-14-24)25-19-21-7-9-23(10-8-21)26-32(28,29)20(3)4/h7-14,20,25-26H,5-6,15-19H2,1-4H3. The highest BCUT2D eigenvalue weighted by molar-refractivity contribution is 7.93. The number of sulfonamides is 1. The Bertz CT molecular complexity index is 874. The third-order valence-corrected chi connectivity index (χ3v) is 6.74. The van der Waals surface area contributed by atoms with Gasteiger partial charge in [-0.1, -0.05) is 12.1 Å². The number of nitrogens with one attached hydrogen (secondary N) is 2. The molecule has 0 atom stereocenters. The molecular weight excluding hydrogens is 426 g/mol. The van der Waals surface area contributed by atoms with E-state index in [1.165, 1.54) is 0 Å². The molecule has 0 aliphatic carbocycles. The maximum absolute atomic E-state index is 12.0. The molecule has 2 aromatic carbocycles. The summed E-state index contributed by atoms with van der Waals surface area (Å²) in [6.45, 7) is 12.4. The van der Waals surface area contributed by atoms with E-state index in [0.29, 0.717) is 38.7 Å². The van der Waals surface area contributed by atoms with E-state index in [1.54, 1.807) is 26.0 Å². The fourth-order valence-electron chi connectivity index (χ4n) is 2.98. The Labute approximate surface area is 193 Å². The Morgan fingerprint density at radius 3 is 1.88 bits per heavy atom. The summed E-state index contributed by atoms with van der Waals surface area (Å²) in [4.78, 5) is 2.27. The number of anilines is 3. The van der Waals surface area contributed by atoms with Crippen molar-refractivity contribution in [2.45, 2.75) is 39.5 Å². The van der Waals surface area contributed by atoms with Gasteiger partial charge in [-0.25, -0.2) is 8.42 Å². The zero-order valence-corrected chi connectivity index (χ0v) is 20.5. The van der Waals surface area contributed by atoms with Crippen LogP contribution in [-0.4, -0.2) is 53.2 Å². The molecule has 7 nitrogen and oxygen atoms in total. The minimum absolute atomic E-state index is 0.471. The fourth-order valence-corrected chi connectivity index (χ4v) is 3.68. The van der Waals surface area contributed by atoms with Gasteiger partial charge < -0.3 is 19.7 Å². The molecule has 8 heteroatoms. The Morgan fingerprint density at radius 2 is 1.38 bits per heavy atom. The highest BCUT2D eigenvalue weighted by atomic mass is 32.2. The molecule has 32 heavy (non-hydrogen) atoms. The van der Waals surface area contributed by atoms with E-state index in [9.17, 15) is 8.42 Å². The summed E-state index contributed by atoms with van der Waals surface area (Å²) in [5.41, 5.74) is 3.80. The third-order valence-electron chi connectivity index (χ3n) is 4.98. The van der Waals surface area contributed by atoms with Gasteiger partial charge in [0, 0.05) is 49.9 Å². The average Bonchev–Trinajstić information content (AvgIpc) is 2.78. The van der Waals surface area contributed by atoms with Gasteiger partial charge in [0.25, 0.3) is 0 Å². The molecule has 178 valence electrons. The molecule has 0 saturated carbocycles. The number of hydrogen-bond acceptors (Lipinski definition) is 6. The van der Waals surface area contributed by atoms with Crippen molar-refractivity contribution in [3.63, 3.8) is 0 Å². The molecule has 0 amide bonds. The largest absolute Gasteiger partial charge is 0.381 e. The Morgan fingerprint density at radius 1 is 0.844 bits per heavy atom. The molecule has 0 unspecified atom stereocenters. The molecular formula is C24H37N3O4S. The number of ether oxygens (including phenoxy) is 2. The maximum atomic E-state index is 12.0. The van der Waals surface area contributed by atoms with Gasteiger partial charge in [0.1, 0.15) is 0 Å². The van der Waals surface area contributed by atoms with Crippen molar-refractivity contribution in [3.05, 3.63) is 54.1 Å². The molecule has 0 aliphatic heterocycles. The van der Waals surface area contributed by atoms with Crippen molar-refractivity contribution in [2.24, 2.45) is 0 Å². The van der Waals surface area contributed by atoms with Crippen molar-refractivity contribution >= 4 is 27.1 Å². The topological polar surface area (TPSA) is 79.9 Å². The van der Waals surface area contributed by atoms with E-state index in [1.807, 2.05) is 26.0 Å². The molecule has 2 N–H and O–H groups in total. The van der Waals surface area contributed by atoms with Crippen LogP contribution in [-0.2, 0) is 26.0 Å². The summed E-state index contributed by atoms with van der Waals surface area (Å²) in [6.07, 6.45) is 0. The van der Waals surface area contributed by atoms with Crippen LogP contribution >= 0.6 is 0 Å². The first-order valence-electron chi connectivity index (χ1n) is 11.2.